The lowest BCUT2D eigenvalue weighted by Crippen LogP contribution is -2.37. The van der Waals surface area contributed by atoms with E-state index in [0.29, 0.717) is 29.7 Å². The lowest BCUT2D eigenvalue weighted by atomic mass is 10.1. The van der Waals surface area contributed by atoms with Crippen LogP contribution in [0.2, 0.25) is 5.02 Å². The average molecular weight is 292 g/mol. The van der Waals surface area contributed by atoms with Crippen LogP contribution in [0.3, 0.4) is 0 Å². The van der Waals surface area contributed by atoms with Gasteiger partial charge in [0.05, 0.1) is 13.2 Å². The van der Waals surface area contributed by atoms with Gasteiger partial charge in [-0.2, -0.15) is 0 Å². The Kier molecular flexibility index (Phi) is 3.71. The molecule has 0 amide bonds. The molecule has 2 aromatic rings. The van der Waals surface area contributed by atoms with Gasteiger partial charge >= 0.3 is 0 Å². The molecule has 104 valence electrons. The Balaban J connectivity index is 1.87. The van der Waals surface area contributed by atoms with E-state index in [1.165, 1.54) is 0 Å². The summed E-state index contributed by atoms with van der Waals surface area (Å²) in [6.07, 6.45) is 3.40. The summed E-state index contributed by atoms with van der Waals surface area (Å²) < 4.78 is 5.30. The van der Waals surface area contributed by atoms with Crippen molar-refractivity contribution in [3.8, 4) is 16.9 Å². The van der Waals surface area contributed by atoms with Gasteiger partial charge in [-0.1, -0.05) is 11.6 Å². The van der Waals surface area contributed by atoms with Gasteiger partial charge in [0.1, 0.15) is 5.75 Å². The predicted molar refractivity (Wildman–Crippen MR) is 77.2 cm³/mol. The van der Waals surface area contributed by atoms with Gasteiger partial charge in [0.25, 0.3) is 0 Å². The summed E-state index contributed by atoms with van der Waals surface area (Å²) in [6.45, 7) is 2.98. The van der Waals surface area contributed by atoms with Crippen LogP contribution in [-0.2, 0) is 4.74 Å². The molecule has 1 N–H and O–H groups in total. The molecule has 1 fully saturated rings. The van der Waals surface area contributed by atoms with E-state index >= 15 is 0 Å². The first-order valence-corrected chi connectivity index (χ1v) is 6.75. The molecule has 0 radical (unpaired) electrons. The van der Waals surface area contributed by atoms with Crippen LogP contribution in [0.1, 0.15) is 0 Å². The minimum absolute atomic E-state index is 0.164. The Bertz CT molecular complexity index is 598. The second-order valence-corrected chi connectivity index (χ2v) is 4.97. The van der Waals surface area contributed by atoms with Gasteiger partial charge in [-0.25, -0.2) is 9.97 Å². The summed E-state index contributed by atoms with van der Waals surface area (Å²) in [4.78, 5) is 10.8. The summed E-state index contributed by atoms with van der Waals surface area (Å²) >= 11 is 5.95. The zero-order valence-electron chi connectivity index (χ0n) is 10.8. The topological polar surface area (TPSA) is 58.5 Å². The molecule has 0 bridgehead atoms. The number of anilines is 1. The number of hydrogen-bond acceptors (Lipinski definition) is 5. The molecule has 6 heteroatoms. The molecule has 0 aliphatic carbocycles. The molecule has 1 aromatic heterocycles. The van der Waals surface area contributed by atoms with Crippen LogP contribution in [-0.4, -0.2) is 41.4 Å². The zero-order valence-corrected chi connectivity index (χ0v) is 11.5. The number of nitrogens with zero attached hydrogens (tertiary/aromatic N) is 3. The molecule has 1 aliphatic heterocycles. The molecule has 0 unspecified atom stereocenters. The molecule has 1 saturated heterocycles. The maximum atomic E-state index is 9.87. The Morgan fingerprint density at radius 3 is 2.55 bits per heavy atom. The van der Waals surface area contributed by atoms with Gasteiger partial charge in [0, 0.05) is 41.6 Å². The SMILES string of the molecule is Oc1ccc(Cl)cc1-c1cnc(N2CCOCC2)nc1. The molecule has 0 saturated carbocycles. The Hall–Kier alpha value is -1.85. The van der Waals surface area contributed by atoms with Gasteiger partial charge in [-0.3, -0.25) is 0 Å². The van der Waals surface area contributed by atoms with E-state index in [1.54, 1.807) is 30.6 Å². The van der Waals surface area contributed by atoms with Crippen molar-refractivity contribution in [1.29, 1.82) is 0 Å². The number of ether oxygens (including phenoxy) is 1. The van der Waals surface area contributed by atoms with Crippen molar-refractivity contribution in [2.24, 2.45) is 0 Å². The van der Waals surface area contributed by atoms with Gasteiger partial charge < -0.3 is 14.7 Å². The van der Waals surface area contributed by atoms with Gasteiger partial charge in [-0.15, -0.1) is 0 Å². The molecule has 1 aromatic carbocycles. The van der Waals surface area contributed by atoms with Crippen molar-refractivity contribution in [2.75, 3.05) is 31.2 Å². The van der Waals surface area contributed by atoms with Gasteiger partial charge in [0.2, 0.25) is 5.95 Å². The Labute approximate surface area is 121 Å². The number of hydrogen-bond donors (Lipinski definition) is 1. The first-order chi connectivity index (χ1) is 9.74. The van der Waals surface area contributed by atoms with Crippen molar-refractivity contribution >= 4 is 17.5 Å². The molecule has 0 spiro atoms. The van der Waals surface area contributed by atoms with Gasteiger partial charge in [-0.05, 0) is 18.2 Å². The summed E-state index contributed by atoms with van der Waals surface area (Å²) in [5.74, 6) is 0.843. The van der Waals surface area contributed by atoms with Crippen LogP contribution in [0.15, 0.2) is 30.6 Å². The summed E-state index contributed by atoms with van der Waals surface area (Å²) in [5, 5.41) is 10.4. The fraction of sp³-hybridized carbons (Fsp3) is 0.286. The smallest absolute Gasteiger partial charge is 0.225 e. The highest BCUT2D eigenvalue weighted by Crippen LogP contribution is 2.31. The fourth-order valence-corrected chi connectivity index (χ4v) is 2.30. The lowest BCUT2D eigenvalue weighted by molar-refractivity contribution is 0.122. The van der Waals surface area contributed by atoms with Gasteiger partial charge in [0.15, 0.2) is 0 Å². The second-order valence-electron chi connectivity index (χ2n) is 4.53. The molecule has 1 aliphatic rings. The van der Waals surface area contributed by atoms with Crippen LogP contribution in [0, 0.1) is 0 Å². The van der Waals surface area contributed by atoms with Crippen LogP contribution in [0.5, 0.6) is 5.75 Å². The highest BCUT2D eigenvalue weighted by molar-refractivity contribution is 6.30. The summed E-state index contributed by atoms with van der Waals surface area (Å²) in [6, 6.07) is 4.90. The number of aromatic nitrogens is 2. The minimum Gasteiger partial charge on any atom is -0.507 e. The second kappa shape index (κ2) is 5.64. The molecule has 3 rings (SSSR count). The van der Waals surface area contributed by atoms with Crippen molar-refractivity contribution in [2.45, 2.75) is 0 Å². The van der Waals surface area contributed by atoms with Crippen LogP contribution in [0.4, 0.5) is 5.95 Å². The van der Waals surface area contributed by atoms with E-state index in [0.717, 1.165) is 18.7 Å². The highest BCUT2D eigenvalue weighted by atomic mass is 35.5. The first kappa shape index (κ1) is 13.1. The largest absolute Gasteiger partial charge is 0.507 e. The molecular formula is C14H14ClN3O2. The number of benzene rings is 1. The third kappa shape index (κ3) is 2.69. The normalized spacial score (nSPS) is 15.3. The highest BCUT2D eigenvalue weighted by Gasteiger charge is 2.14. The third-order valence-electron chi connectivity index (χ3n) is 3.20. The number of halogens is 1. The van der Waals surface area contributed by atoms with E-state index in [9.17, 15) is 5.11 Å². The predicted octanol–water partition coefficient (Wildman–Crippen LogP) is 2.34. The van der Waals surface area contributed by atoms with E-state index < -0.39 is 0 Å². The van der Waals surface area contributed by atoms with Crippen LogP contribution < -0.4 is 4.90 Å². The number of aromatic hydroxyl groups is 1. The summed E-state index contributed by atoms with van der Waals surface area (Å²) in [5.41, 5.74) is 1.37. The fourth-order valence-electron chi connectivity index (χ4n) is 2.13. The maximum Gasteiger partial charge on any atom is 0.225 e. The van der Waals surface area contributed by atoms with Crippen molar-refractivity contribution in [3.63, 3.8) is 0 Å². The average Bonchev–Trinajstić information content (AvgIpc) is 2.51. The van der Waals surface area contributed by atoms with Crippen molar-refractivity contribution < 1.29 is 9.84 Å². The Morgan fingerprint density at radius 2 is 1.85 bits per heavy atom. The quantitative estimate of drug-likeness (QED) is 0.920. The zero-order chi connectivity index (χ0) is 13.9. The molecular weight excluding hydrogens is 278 g/mol. The third-order valence-corrected chi connectivity index (χ3v) is 3.44. The van der Waals surface area contributed by atoms with E-state index in [-0.39, 0.29) is 5.75 Å². The van der Waals surface area contributed by atoms with Crippen molar-refractivity contribution in [3.05, 3.63) is 35.6 Å². The number of morpholine rings is 1. The number of rotatable bonds is 2. The maximum absolute atomic E-state index is 9.87. The van der Waals surface area contributed by atoms with E-state index in [4.69, 9.17) is 16.3 Å². The van der Waals surface area contributed by atoms with E-state index in [2.05, 4.69) is 14.9 Å². The van der Waals surface area contributed by atoms with Crippen molar-refractivity contribution in [1.82, 2.24) is 9.97 Å². The van der Waals surface area contributed by atoms with Crippen LogP contribution in [0.25, 0.3) is 11.1 Å². The molecule has 5 nitrogen and oxygen atoms in total. The number of phenols is 1. The standard InChI is InChI=1S/C14H14ClN3O2/c15-11-1-2-13(19)12(7-11)10-8-16-14(17-9-10)18-3-5-20-6-4-18/h1-2,7-9,19H,3-6H2. The molecule has 20 heavy (non-hydrogen) atoms. The summed E-state index contributed by atoms with van der Waals surface area (Å²) in [7, 11) is 0. The van der Waals surface area contributed by atoms with Crippen LogP contribution >= 0.6 is 11.6 Å². The molecule has 2 heterocycles. The minimum atomic E-state index is 0.164. The molecule has 0 atom stereocenters. The van der Waals surface area contributed by atoms with E-state index in [1.807, 2.05) is 0 Å². The Morgan fingerprint density at radius 1 is 1.15 bits per heavy atom. The monoisotopic (exact) mass is 291 g/mol. The first-order valence-electron chi connectivity index (χ1n) is 6.37. The number of phenolic OH excluding ortho intramolecular Hbond substituents is 1. The lowest BCUT2D eigenvalue weighted by Gasteiger charge is -2.26.